The zero-order chi connectivity index (χ0) is 15.9. The molecular formula is C17H15FO4. The van der Waals surface area contributed by atoms with Crippen LogP contribution in [0.25, 0.3) is 6.08 Å². The van der Waals surface area contributed by atoms with E-state index in [1.807, 2.05) is 0 Å². The van der Waals surface area contributed by atoms with Gasteiger partial charge >= 0.3 is 5.97 Å². The van der Waals surface area contributed by atoms with Crippen molar-refractivity contribution in [2.45, 2.75) is 6.61 Å². The molecule has 0 atom stereocenters. The predicted octanol–water partition coefficient (Wildman–Crippen LogP) is 3.30. The van der Waals surface area contributed by atoms with Crippen LogP contribution in [0.3, 0.4) is 0 Å². The number of hydrogen-bond donors (Lipinski definition) is 1. The minimum atomic E-state index is -0.588. The Labute approximate surface area is 127 Å². The Bertz CT molecular complexity index is 695. The molecule has 5 heteroatoms. The number of methoxy groups -OCH3 is 1. The molecule has 22 heavy (non-hydrogen) atoms. The van der Waals surface area contributed by atoms with Gasteiger partial charge in [-0.2, -0.15) is 0 Å². The van der Waals surface area contributed by atoms with Crippen molar-refractivity contribution in [3.8, 4) is 11.5 Å². The van der Waals surface area contributed by atoms with E-state index in [9.17, 15) is 14.3 Å². The lowest BCUT2D eigenvalue weighted by atomic mass is 10.2. The molecule has 0 heterocycles. The fourth-order valence-electron chi connectivity index (χ4n) is 1.77. The quantitative estimate of drug-likeness (QED) is 0.680. The van der Waals surface area contributed by atoms with Crippen molar-refractivity contribution in [2.75, 3.05) is 7.11 Å². The van der Waals surface area contributed by atoms with E-state index < -0.39 is 11.8 Å². The molecule has 4 nitrogen and oxygen atoms in total. The summed E-state index contributed by atoms with van der Waals surface area (Å²) in [5.74, 6) is -0.679. The molecule has 0 aliphatic rings. The number of benzene rings is 2. The SMILES string of the molecule is COc1cc(/C=C/C(=O)OCc2ccccc2F)ccc1O. The van der Waals surface area contributed by atoms with E-state index in [1.165, 1.54) is 31.4 Å². The Balaban J connectivity index is 1.95. The first-order valence-electron chi connectivity index (χ1n) is 6.55. The van der Waals surface area contributed by atoms with E-state index in [0.717, 1.165) is 0 Å². The summed E-state index contributed by atoms with van der Waals surface area (Å²) in [7, 11) is 1.44. The molecule has 2 rings (SSSR count). The Morgan fingerprint density at radius 3 is 2.77 bits per heavy atom. The zero-order valence-corrected chi connectivity index (χ0v) is 12.0. The normalized spacial score (nSPS) is 10.6. The number of carbonyl (C=O) groups excluding carboxylic acids is 1. The number of phenols is 1. The van der Waals surface area contributed by atoms with Gasteiger partial charge in [-0.1, -0.05) is 24.3 Å². The molecule has 1 N–H and O–H groups in total. The standard InChI is InChI=1S/C17H15FO4/c1-21-16-10-12(6-8-15(16)19)7-9-17(20)22-11-13-4-2-3-5-14(13)18/h2-10,19H,11H2,1H3/b9-7+. The number of rotatable bonds is 5. The highest BCUT2D eigenvalue weighted by Gasteiger charge is 2.04. The van der Waals surface area contributed by atoms with E-state index in [4.69, 9.17) is 9.47 Å². The number of carbonyl (C=O) groups is 1. The average molecular weight is 302 g/mol. The van der Waals surface area contributed by atoms with Gasteiger partial charge in [0.15, 0.2) is 11.5 Å². The minimum absolute atomic E-state index is 0.0155. The van der Waals surface area contributed by atoms with Crippen LogP contribution < -0.4 is 4.74 Å². The highest BCUT2D eigenvalue weighted by Crippen LogP contribution is 2.26. The van der Waals surface area contributed by atoms with Crippen LogP contribution in [0.15, 0.2) is 48.5 Å². The van der Waals surface area contributed by atoms with E-state index in [1.54, 1.807) is 30.3 Å². The first kappa shape index (κ1) is 15.6. The fourth-order valence-corrected chi connectivity index (χ4v) is 1.77. The first-order valence-corrected chi connectivity index (χ1v) is 6.55. The van der Waals surface area contributed by atoms with Crippen molar-refractivity contribution in [1.29, 1.82) is 0 Å². The molecule has 0 aromatic heterocycles. The number of halogens is 1. The molecule has 0 fully saturated rings. The van der Waals surface area contributed by atoms with Crippen LogP contribution in [-0.2, 0) is 16.1 Å². The first-order chi connectivity index (χ1) is 10.6. The zero-order valence-electron chi connectivity index (χ0n) is 12.0. The topological polar surface area (TPSA) is 55.8 Å². The van der Waals surface area contributed by atoms with E-state index in [2.05, 4.69) is 0 Å². The monoisotopic (exact) mass is 302 g/mol. The van der Waals surface area contributed by atoms with Crippen LogP contribution >= 0.6 is 0 Å². The van der Waals surface area contributed by atoms with Gasteiger partial charge in [-0.3, -0.25) is 0 Å². The van der Waals surface area contributed by atoms with Gasteiger partial charge in [-0.25, -0.2) is 9.18 Å². The summed E-state index contributed by atoms with van der Waals surface area (Å²) in [6.45, 7) is -0.130. The second kappa shape index (κ2) is 7.26. The average Bonchev–Trinajstić information content (AvgIpc) is 2.53. The number of esters is 1. The van der Waals surface area contributed by atoms with Gasteiger partial charge in [0.2, 0.25) is 0 Å². The largest absolute Gasteiger partial charge is 0.504 e. The van der Waals surface area contributed by atoms with Crippen molar-refractivity contribution in [1.82, 2.24) is 0 Å². The molecule has 0 amide bonds. The molecule has 0 aliphatic carbocycles. The Morgan fingerprint density at radius 2 is 2.05 bits per heavy atom. The highest BCUT2D eigenvalue weighted by molar-refractivity contribution is 5.87. The van der Waals surface area contributed by atoms with Gasteiger partial charge in [0.1, 0.15) is 12.4 Å². The molecule has 2 aromatic rings. The minimum Gasteiger partial charge on any atom is -0.504 e. The van der Waals surface area contributed by atoms with Crippen LogP contribution in [0.2, 0.25) is 0 Å². The molecule has 0 saturated heterocycles. The van der Waals surface area contributed by atoms with Crippen molar-refractivity contribution in [3.63, 3.8) is 0 Å². The van der Waals surface area contributed by atoms with Crippen LogP contribution in [-0.4, -0.2) is 18.2 Å². The third kappa shape index (κ3) is 4.09. The maximum absolute atomic E-state index is 13.4. The second-order valence-electron chi connectivity index (χ2n) is 4.46. The number of ether oxygens (including phenoxy) is 2. The predicted molar refractivity (Wildman–Crippen MR) is 79.9 cm³/mol. The fraction of sp³-hybridized carbons (Fsp3) is 0.118. The highest BCUT2D eigenvalue weighted by atomic mass is 19.1. The van der Waals surface area contributed by atoms with Gasteiger partial charge in [-0.15, -0.1) is 0 Å². The number of phenolic OH excluding ortho intramolecular Hbond substituents is 1. The maximum Gasteiger partial charge on any atom is 0.331 e. The number of hydrogen-bond acceptors (Lipinski definition) is 4. The van der Waals surface area contributed by atoms with Crippen molar-refractivity contribution in [2.24, 2.45) is 0 Å². The van der Waals surface area contributed by atoms with Gasteiger partial charge in [-0.05, 0) is 29.8 Å². The summed E-state index contributed by atoms with van der Waals surface area (Å²) in [4.78, 5) is 11.6. The lowest BCUT2D eigenvalue weighted by Gasteiger charge is -2.04. The molecule has 2 aromatic carbocycles. The molecule has 0 unspecified atom stereocenters. The van der Waals surface area contributed by atoms with Gasteiger partial charge in [0.05, 0.1) is 7.11 Å². The number of aromatic hydroxyl groups is 1. The Morgan fingerprint density at radius 1 is 1.27 bits per heavy atom. The summed E-state index contributed by atoms with van der Waals surface area (Å²) in [5.41, 5.74) is 0.980. The van der Waals surface area contributed by atoms with Crippen molar-refractivity contribution >= 4 is 12.0 Å². The third-order valence-corrected chi connectivity index (χ3v) is 2.94. The lowest BCUT2D eigenvalue weighted by Crippen LogP contribution is -2.02. The van der Waals surface area contributed by atoms with Gasteiger partial charge in [0.25, 0.3) is 0 Å². The molecule has 0 spiro atoms. The lowest BCUT2D eigenvalue weighted by molar-refractivity contribution is -0.138. The van der Waals surface area contributed by atoms with Gasteiger partial charge < -0.3 is 14.6 Å². The van der Waals surface area contributed by atoms with E-state index >= 15 is 0 Å². The summed E-state index contributed by atoms with van der Waals surface area (Å²) >= 11 is 0. The molecule has 0 saturated carbocycles. The molecule has 0 bridgehead atoms. The van der Waals surface area contributed by atoms with Crippen molar-refractivity contribution in [3.05, 3.63) is 65.5 Å². The van der Waals surface area contributed by atoms with Crippen molar-refractivity contribution < 1.29 is 23.8 Å². The van der Waals surface area contributed by atoms with Crippen LogP contribution in [0.4, 0.5) is 4.39 Å². The van der Waals surface area contributed by atoms with E-state index in [0.29, 0.717) is 16.9 Å². The summed E-state index contributed by atoms with van der Waals surface area (Å²) in [6, 6.07) is 10.8. The Kier molecular flexibility index (Phi) is 5.14. The van der Waals surface area contributed by atoms with E-state index in [-0.39, 0.29) is 12.4 Å². The molecular weight excluding hydrogens is 287 g/mol. The molecule has 0 radical (unpaired) electrons. The summed E-state index contributed by atoms with van der Waals surface area (Å²) < 4.78 is 23.3. The van der Waals surface area contributed by atoms with Crippen LogP contribution in [0.1, 0.15) is 11.1 Å². The summed E-state index contributed by atoms with van der Waals surface area (Å²) in [5, 5.41) is 9.47. The molecule has 0 aliphatic heterocycles. The third-order valence-electron chi connectivity index (χ3n) is 2.94. The van der Waals surface area contributed by atoms with Crippen LogP contribution in [0, 0.1) is 5.82 Å². The maximum atomic E-state index is 13.4. The Hall–Kier alpha value is -2.82. The molecule has 114 valence electrons. The van der Waals surface area contributed by atoms with Gasteiger partial charge in [0, 0.05) is 11.6 Å². The second-order valence-corrected chi connectivity index (χ2v) is 4.46. The van der Waals surface area contributed by atoms with Crippen LogP contribution in [0.5, 0.6) is 11.5 Å². The smallest absolute Gasteiger partial charge is 0.331 e. The summed E-state index contributed by atoms with van der Waals surface area (Å²) in [6.07, 6.45) is 2.75.